The summed E-state index contributed by atoms with van der Waals surface area (Å²) in [5, 5.41) is 10.0. The summed E-state index contributed by atoms with van der Waals surface area (Å²) in [6, 6.07) is 8.03. The summed E-state index contributed by atoms with van der Waals surface area (Å²) >= 11 is 0. The number of nitrogens with one attached hydrogen (secondary N) is 2. The highest BCUT2D eigenvalue weighted by molar-refractivity contribution is 5.90. The Morgan fingerprint density at radius 2 is 2.00 bits per heavy atom. The monoisotopic (exact) mass is 233 g/mol. The normalized spacial score (nSPS) is 16.9. The van der Waals surface area contributed by atoms with E-state index in [9.17, 15) is 0 Å². The van der Waals surface area contributed by atoms with Crippen LogP contribution in [0.3, 0.4) is 0 Å². The SMILES string of the molecule is CN1CCN(c2cccc(NC(=N)N)c2)CC1. The van der Waals surface area contributed by atoms with E-state index in [0.717, 1.165) is 31.9 Å². The van der Waals surface area contributed by atoms with Crippen LogP contribution in [0.15, 0.2) is 24.3 Å². The van der Waals surface area contributed by atoms with Crippen molar-refractivity contribution in [1.29, 1.82) is 5.41 Å². The Morgan fingerprint density at radius 3 is 2.65 bits per heavy atom. The molecular formula is C12H19N5. The number of hydrogen-bond donors (Lipinski definition) is 3. The second-order valence-corrected chi connectivity index (χ2v) is 4.38. The van der Waals surface area contributed by atoms with Gasteiger partial charge in [0.2, 0.25) is 0 Å². The first-order valence-electron chi connectivity index (χ1n) is 5.80. The predicted molar refractivity (Wildman–Crippen MR) is 71.7 cm³/mol. The maximum atomic E-state index is 7.22. The van der Waals surface area contributed by atoms with Crippen molar-refractivity contribution in [2.24, 2.45) is 5.73 Å². The minimum atomic E-state index is -0.0273. The molecule has 0 radical (unpaired) electrons. The Balaban J connectivity index is 2.07. The van der Waals surface area contributed by atoms with Crippen molar-refractivity contribution >= 4 is 17.3 Å². The Kier molecular flexibility index (Phi) is 3.49. The zero-order valence-electron chi connectivity index (χ0n) is 10.1. The molecular weight excluding hydrogens is 214 g/mol. The first kappa shape index (κ1) is 11.7. The van der Waals surface area contributed by atoms with Gasteiger partial charge in [-0.1, -0.05) is 6.07 Å². The summed E-state index contributed by atoms with van der Waals surface area (Å²) in [6.07, 6.45) is 0. The van der Waals surface area contributed by atoms with Crippen molar-refractivity contribution in [3.8, 4) is 0 Å². The van der Waals surface area contributed by atoms with Gasteiger partial charge in [-0.3, -0.25) is 5.41 Å². The molecule has 0 unspecified atom stereocenters. The molecule has 92 valence electrons. The van der Waals surface area contributed by atoms with Crippen LogP contribution in [0.4, 0.5) is 11.4 Å². The minimum absolute atomic E-state index is 0.0273. The van der Waals surface area contributed by atoms with Crippen molar-refractivity contribution in [1.82, 2.24) is 4.90 Å². The second kappa shape index (κ2) is 5.05. The standard InChI is InChI=1S/C12H19N5/c1-16-5-7-17(8-6-16)11-4-2-3-10(9-11)15-12(13)14/h2-4,9H,5-8H2,1H3,(H4,13,14,15). The molecule has 5 heteroatoms. The highest BCUT2D eigenvalue weighted by atomic mass is 15.2. The molecule has 0 amide bonds. The quantitative estimate of drug-likeness (QED) is 0.521. The fourth-order valence-electron chi connectivity index (χ4n) is 2.00. The summed E-state index contributed by atoms with van der Waals surface area (Å²) in [5.41, 5.74) is 7.38. The van der Waals surface area contributed by atoms with Crippen molar-refractivity contribution in [3.63, 3.8) is 0 Å². The summed E-state index contributed by atoms with van der Waals surface area (Å²) in [6.45, 7) is 4.26. The van der Waals surface area contributed by atoms with Crippen LogP contribution < -0.4 is 16.0 Å². The number of benzene rings is 1. The molecule has 1 aliphatic rings. The van der Waals surface area contributed by atoms with E-state index < -0.39 is 0 Å². The third-order valence-corrected chi connectivity index (χ3v) is 2.99. The maximum Gasteiger partial charge on any atom is 0.190 e. The molecule has 1 saturated heterocycles. The number of likely N-dealkylation sites (N-methyl/N-ethyl adjacent to an activating group) is 1. The zero-order valence-corrected chi connectivity index (χ0v) is 10.1. The van der Waals surface area contributed by atoms with Gasteiger partial charge in [-0.05, 0) is 25.2 Å². The molecule has 5 nitrogen and oxygen atoms in total. The zero-order chi connectivity index (χ0) is 12.3. The molecule has 1 fully saturated rings. The summed E-state index contributed by atoms with van der Waals surface area (Å²) in [5.74, 6) is -0.0273. The Labute approximate surface area is 102 Å². The third kappa shape index (κ3) is 3.10. The average Bonchev–Trinajstić information content (AvgIpc) is 2.29. The van der Waals surface area contributed by atoms with Crippen LogP contribution in [0.25, 0.3) is 0 Å². The minimum Gasteiger partial charge on any atom is -0.370 e. The molecule has 4 N–H and O–H groups in total. The second-order valence-electron chi connectivity index (χ2n) is 4.38. The summed E-state index contributed by atoms with van der Waals surface area (Å²) in [4.78, 5) is 4.68. The van der Waals surface area contributed by atoms with Crippen LogP contribution in [-0.4, -0.2) is 44.1 Å². The molecule has 0 saturated carbocycles. The van der Waals surface area contributed by atoms with Crippen LogP contribution in [0.2, 0.25) is 0 Å². The van der Waals surface area contributed by atoms with Crippen molar-refractivity contribution in [3.05, 3.63) is 24.3 Å². The van der Waals surface area contributed by atoms with Gasteiger partial charge in [-0.15, -0.1) is 0 Å². The molecule has 2 rings (SSSR count). The van der Waals surface area contributed by atoms with E-state index in [4.69, 9.17) is 11.1 Å². The lowest BCUT2D eigenvalue weighted by atomic mass is 10.2. The van der Waals surface area contributed by atoms with Gasteiger partial charge in [-0.2, -0.15) is 0 Å². The van der Waals surface area contributed by atoms with E-state index >= 15 is 0 Å². The Morgan fingerprint density at radius 1 is 1.29 bits per heavy atom. The largest absolute Gasteiger partial charge is 0.370 e. The van der Waals surface area contributed by atoms with E-state index in [1.807, 2.05) is 18.2 Å². The highest BCUT2D eigenvalue weighted by Crippen LogP contribution is 2.20. The van der Waals surface area contributed by atoms with Crippen LogP contribution in [0.1, 0.15) is 0 Å². The van der Waals surface area contributed by atoms with Crippen LogP contribution in [0.5, 0.6) is 0 Å². The molecule has 1 aromatic rings. The van der Waals surface area contributed by atoms with Gasteiger partial charge in [0.15, 0.2) is 5.96 Å². The number of rotatable bonds is 2. The average molecular weight is 233 g/mol. The van der Waals surface area contributed by atoms with Crippen molar-refractivity contribution in [2.75, 3.05) is 43.4 Å². The van der Waals surface area contributed by atoms with E-state index in [2.05, 4.69) is 28.2 Å². The molecule has 0 aliphatic carbocycles. The molecule has 1 aromatic carbocycles. The van der Waals surface area contributed by atoms with E-state index in [1.54, 1.807) is 0 Å². The van der Waals surface area contributed by atoms with Gasteiger partial charge in [0.05, 0.1) is 0 Å². The number of nitrogens with zero attached hydrogens (tertiary/aromatic N) is 2. The number of guanidine groups is 1. The molecule has 1 aliphatic heterocycles. The van der Waals surface area contributed by atoms with Crippen LogP contribution in [-0.2, 0) is 0 Å². The molecule has 0 spiro atoms. The van der Waals surface area contributed by atoms with Crippen molar-refractivity contribution < 1.29 is 0 Å². The molecule has 0 atom stereocenters. The number of nitrogens with two attached hydrogens (primary N) is 1. The van der Waals surface area contributed by atoms with Gasteiger partial charge in [0.25, 0.3) is 0 Å². The number of anilines is 2. The van der Waals surface area contributed by atoms with Gasteiger partial charge in [0.1, 0.15) is 0 Å². The van der Waals surface area contributed by atoms with Crippen LogP contribution in [0, 0.1) is 5.41 Å². The smallest absolute Gasteiger partial charge is 0.190 e. The van der Waals surface area contributed by atoms with Gasteiger partial charge in [-0.25, -0.2) is 0 Å². The number of piperazine rings is 1. The van der Waals surface area contributed by atoms with E-state index in [-0.39, 0.29) is 5.96 Å². The predicted octanol–water partition coefficient (Wildman–Crippen LogP) is 0.744. The lowest BCUT2D eigenvalue weighted by molar-refractivity contribution is 0.313. The van der Waals surface area contributed by atoms with Crippen LogP contribution >= 0.6 is 0 Å². The van der Waals surface area contributed by atoms with E-state index in [1.165, 1.54) is 5.69 Å². The Bertz CT molecular complexity index is 396. The maximum absolute atomic E-state index is 7.22. The third-order valence-electron chi connectivity index (χ3n) is 2.99. The number of hydrogen-bond acceptors (Lipinski definition) is 3. The lowest BCUT2D eigenvalue weighted by Gasteiger charge is -2.34. The van der Waals surface area contributed by atoms with E-state index in [0.29, 0.717) is 0 Å². The molecule has 1 heterocycles. The van der Waals surface area contributed by atoms with Gasteiger partial charge in [0, 0.05) is 37.6 Å². The molecule has 0 aromatic heterocycles. The van der Waals surface area contributed by atoms with Gasteiger partial charge < -0.3 is 20.9 Å². The molecule has 17 heavy (non-hydrogen) atoms. The summed E-state index contributed by atoms with van der Waals surface area (Å²) in [7, 11) is 2.14. The fraction of sp³-hybridized carbons (Fsp3) is 0.417. The highest BCUT2D eigenvalue weighted by Gasteiger charge is 2.14. The molecule has 0 bridgehead atoms. The summed E-state index contributed by atoms with van der Waals surface area (Å²) < 4.78 is 0. The van der Waals surface area contributed by atoms with Gasteiger partial charge >= 0.3 is 0 Å². The first-order chi connectivity index (χ1) is 8.15. The van der Waals surface area contributed by atoms with Crippen molar-refractivity contribution in [2.45, 2.75) is 0 Å². The first-order valence-corrected chi connectivity index (χ1v) is 5.80. The topological polar surface area (TPSA) is 68.4 Å². The fourth-order valence-corrected chi connectivity index (χ4v) is 2.00. The lowest BCUT2D eigenvalue weighted by Crippen LogP contribution is -2.44. The Hall–Kier alpha value is -1.75.